The molecule has 0 heterocycles. The van der Waals surface area contributed by atoms with Gasteiger partial charge in [0.2, 0.25) is 0 Å². The van der Waals surface area contributed by atoms with Gasteiger partial charge in [-0.3, -0.25) is 0 Å². The van der Waals surface area contributed by atoms with Crippen molar-refractivity contribution in [3.8, 4) is 0 Å². The number of benzene rings is 1. The summed E-state index contributed by atoms with van der Waals surface area (Å²) in [5, 5.41) is 3.77. The average molecular weight is 203 g/mol. The van der Waals surface area contributed by atoms with E-state index >= 15 is 0 Å². The van der Waals surface area contributed by atoms with Crippen molar-refractivity contribution in [3.05, 3.63) is 46.3 Å². The molecule has 15 heavy (non-hydrogen) atoms. The highest BCUT2D eigenvalue weighted by Gasteiger charge is 2.14. The molecule has 3 nitrogen and oxygen atoms in total. The van der Waals surface area contributed by atoms with E-state index in [9.17, 15) is 0 Å². The molecule has 0 fully saturated rings. The van der Waals surface area contributed by atoms with Gasteiger partial charge in [0.05, 0.1) is 0 Å². The highest BCUT2D eigenvalue weighted by Crippen LogP contribution is 2.18. The summed E-state index contributed by atoms with van der Waals surface area (Å²) in [5.41, 5.74) is 9.72. The summed E-state index contributed by atoms with van der Waals surface area (Å²) in [6.07, 6.45) is 2.02. The van der Waals surface area contributed by atoms with Gasteiger partial charge in [-0.05, 0) is 23.4 Å². The maximum absolute atomic E-state index is 8.41. The molecule has 0 saturated heterocycles. The SMILES string of the molecule is CC[C@@H](Cc1ccccc1)[C@H](C)N=[N+]=[N-]. The molecule has 0 aliphatic rings. The smallest absolute Gasteiger partial charge is 0.0377 e. The first-order valence-electron chi connectivity index (χ1n) is 5.36. The van der Waals surface area contributed by atoms with E-state index in [1.807, 2.05) is 25.1 Å². The molecule has 80 valence electrons. The van der Waals surface area contributed by atoms with Gasteiger partial charge >= 0.3 is 0 Å². The summed E-state index contributed by atoms with van der Waals surface area (Å²) in [7, 11) is 0. The lowest BCUT2D eigenvalue weighted by molar-refractivity contribution is 0.427. The Morgan fingerprint density at radius 1 is 1.33 bits per heavy atom. The zero-order valence-electron chi connectivity index (χ0n) is 9.30. The van der Waals surface area contributed by atoms with Gasteiger partial charge in [-0.15, -0.1) is 0 Å². The Hall–Kier alpha value is -1.47. The van der Waals surface area contributed by atoms with Crippen LogP contribution in [0.2, 0.25) is 0 Å². The molecule has 1 aromatic rings. The van der Waals surface area contributed by atoms with Crippen LogP contribution in [0, 0.1) is 5.92 Å². The number of hydrogen-bond donors (Lipinski definition) is 0. The summed E-state index contributed by atoms with van der Waals surface area (Å²) in [6, 6.07) is 10.4. The molecule has 1 rings (SSSR count). The zero-order chi connectivity index (χ0) is 11.1. The summed E-state index contributed by atoms with van der Waals surface area (Å²) in [6.45, 7) is 4.12. The van der Waals surface area contributed by atoms with E-state index in [1.54, 1.807) is 0 Å². The van der Waals surface area contributed by atoms with Crippen molar-refractivity contribution >= 4 is 0 Å². The molecule has 0 unspecified atom stereocenters. The fraction of sp³-hybridized carbons (Fsp3) is 0.500. The average Bonchev–Trinajstić information content (AvgIpc) is 2.27. The van der Waals surface area contributed by atoms with E-state index in [0.717, 1.165) is 12.8 Å². The van der Waals surface area contributed by atoms with Crippen LogP contribution >= 0.6 is 0 Å². The van der Waals surface area contributed by atoms with Crippen molar-refractivity contribution in [1.82, 2.24) is 0 Å². The van der Waals surface area contributed by atoms with Crippen molar-refractivity contribution in [2.45, 2.75) is 32.7 Å². The molecule has 0 amide bonds. The molecular weight excluding hydrogens is 186 g/mol. The van der Waals surface area contributed by atoms with Crippen molar-refractivity contribution in [2.24, 2.45) is 11.0 Å². The van der Waals surface area contributed by atoms with Crippen LogP contribution in [0.25, 0.3) is 10.4 Å². The van der Waals surface area contributed by atoms with Gasteiger partial charge in [-0.2, -0.15) is 0 Å². The molecule has 0 aliphatic heterocycles. The second kappa shape index (κ2) is 6.10. The first kappa shape index (κ1) is 11.6. The Labute approximate surface area is 90.8 Å². The van der Waals surface area contributed by atoms with Crippen LogP contribution < -0.4 is 0 Å². The normalized spacial score (nSPS) is 14.0. The van der Waals surface area contributed by atoms with Gasteiger partial charge in [-0.25, -0.2) is 0 Å². The molecule has 0 saturated carbocycles. The van der Waals surface area contributed by atoms with Crippen LogP contribution in [-0.2, 0) is 6.42 Å². The standard InChI is InChI=1S/C12H17N3/c1-3-12(10(2)14-15-13)9-11-7-5-4-6-8-11/h4-8,10,12H,3,9H2,1-2H3/t10-,12-/m0/s1. The molecule has 1 aromatic carbocycles. The summed E-state index contributed by atoms with van der Waals surface area (Å²) in [4.78, 5) is 2.87. The molecule has 0 radical (unpaired) electrons. The Balaban J connectivity index is 2.65. The van der Waals surface area contributed by atoms with Crippen molar-refractivity contribution in [2.75, 3.05) is 0 Å². The fourth-order valence-corrected chi connectivity index (χ4v) is 1.75. The molecule has 0 N–H and O–H groups in total. The molecule has 3 heteroatoms. The molecule has 0 bridgehead atoms. The van der Waals surface area contributed by atoms with Gasteiger partial charge in [0.1, 0.15) is 0 Å². The van der Waals surface area contributed by atoms with Crippen molar-refractivity contribution < 1.29 is 0 Å². The van der Waals surface area contributed by atoms with E-state index in [-0.39, 0.29) is 6.04 Å². The Morgan fingerprint density at radius 2 is 2.00 bits per heavy atom. The topological polar surface area (TPSA) is 48.8 Å². The third-order valence-electron chi connectivity index (χ3n) is 2.78. The maximum Gasteiger partial charge on any atom is 0.0377 e. The molecule has 0 aliphatic carbocycles. The maximum atomic E-state index is 8.41. The van der Waals surface area contributed by atoms with Crippen molar-refractivity contribution in [3.63, 3.8) is 0 Å². The largest absolute Gasteiger partial charge is 0.0906 e. The highest BCUT2D eigenvalue weighted by atomic mass is 15.1. The Morgan fingerprint density at radius 3 is 2.53 bits per heavy atom. The van der Waals surface area contributed by atoms with Gasteiger partial charge in [0.15, 0.2) is 0 Å². The number of hydrogen-bond acceptors (Lipinski definition) is 1. The van der Waals surface area contributed by atoms with Crippen LogP contribution in [0.5, 0.6) is 0 Å². The highest BCUT2D eigenvalue weighted by molar-refractivity contribution is 5.15. The van der Waals surface area contributed by atoms with Crippen LogP contribution in [0.15, 0.2) is 35.4 Å². The fourth-order valence-electron chi connectivity index (χ4n) is 1.75. The van der Waals surface area contributed by atoms with E-state index < -0.39 is 0 Å². The van der Waals surface area contributed by atoms with Crippen LogP contribution in [0.3, 0.4) is 0 Å². The Kier molecular flexibility index (Phi) is 4.72. The van der Waals surface area contributed by atoms with Gasteiger partial charge in [-0.1, -0.05) is 55.7 Å². The minimum absolute atomic E-state index is 0.0696. The summed E-state index contributed by atoms with van der Waals surface area (Å²) in [5.74, 6) is 0.434. The molecular formula is C12H17N3. The number of rotatable bonds is 5. The number of azide groups is 1. The predicted molar refractivity (Wildman–Crippen MR) is 62.5 cm³/mol. The number of nitrogens with zero attached hydrogens (tertiary/aromatic N) is 3. The lowest BCUT2D eigenvalue weighted by Crippen LogP contribution is -2.16. The quantitative estimate of drug-likeness (QED) is 0.395. The monoisotopic (exact) mass is 203 g/mol. The van der Waals surface area contributed by atoms with Crippen LogP contribution in [0.4, 0.5) is 0 Å². The van der Waals surface area contributed by atoms with Gasteiger partial charge in [0.25, 0.3) is 0 Å². The first-order valence-corrected chi connectivity index (χ1v) is 5.36. The van der Waals surface area contributed by atoms with Gasteiger partial charge < -0.3 is 0 Å². The second-order valence-electron chi connectivity index (χ2n) is 3.80. The van der Waals surface area contributed by atoms with Crippen LogP contribution in [0.1, 0.15) is 25.8 Å². The zero-order valence-corrected chi connectivity index (χ0v) is 9.30. The molecule has 0 spiro atoms. The molecule has 2 atom stereocenters. The van der Waals surface area contributed by atoms with E-state index in [2.05, 4.69) is 29.1 Å². The summed E-state index contributed by atoms with van der Waals surface area (Å²) >= 11 is 0. The van der Waals surface area contributed by atoms with E-state index in [0.29, 0.717) is 5.92 Å². The third-order valence-corrected chi connectivity index (χ3v) is 2.78. The minimum Gasteiger partial charge on any atom is -0.0906 e. The van der Waals surface area contributed by atoms with E-state index in [1.165, 1.54) is 5.56 Å². The first-order chi connectivity index (χ1) is 7.27. The van der Waals surface area contributed by atoms with Crippen molar-refractivity contribution in [1.29, 1.82) is 0 Å². The second-order valence-corrected chi connectivity index (χ2v) is 3.80. The van der Waals surface area contributed by atoms with Gasteiger partial charge in [0, 0.05) is 11.0 Å². The van der Waals surface area contributed by atoms with Crippen LogP contribution in [-0.4, -0.2) is 6.04 Å². The Bertz CT molecular complexity index is 328. The lowest BCUT2D eigenvalue weighted by atomic mass is 9.91. The third kappa shape index (κ3) is 3.64. The predicted octanol–water partition coefficient (Wildman–Crippen LogP) is 3.95. The summed E-state index contributed by atoms with van der Waals surface area (Å²) < 4.78 is 0. The van der Waals surface area contributed by atoms with E-state index in [4.69, 9.17) is 5.53 Å². The molecule has 0 aromatic heterocycles. The lowest BCUT2D eigenvalue weighted by Gasteiger charge is -2.18. The minimum atomic E-state index is 0.0696.